The third kappa shape index (κ3) is 11.3. The van der Waals surface area contributed by atoms with E-state index in [1.807, 2.05) is 12.1 Å². The van der Waals surface area contributed by atoms with Crippen molar-refractivity contribution in [3.8, 4) is 0 Å². The molecular formula is C43H49F3N10O8S. The molecule has 0 aliphatic carbocycles. The van der Waals surface area contributed by atoms with Crippen LogP contribution in [0, 0.1) is 0 Å². The number of fused-ring (bicyclic) bond motifs is 1. The summed E-state index contributed by atoms with van der Waals surface area (Å²) in [6.07, 6.45) is -2.87. The Kier molecular flexibility index (Phi) is 14.5. The number of amides is 4. The van der Waals surface area contributed by atoms with Crippen LogP contribution in [0.25, 0.3) is 0 Å². The van der Waals surface area contributed by atoms with Crippen LogP contribution >= 0.6 is 0 Å². The van der Waals surface area contributed by atoms with Gasteiger partial charge in [0, 0.05) is 82.5 Å². The van der Waals surface area contributed by atoms with Gasteiger partial charge in [-0.1, -0.05) is 24.3 Å². The fourth-order valence-electron chi connectivity index (χ4n) is 7.66. The number of carbonyl (C=O) groups excluding carboxylic acids is 4. The molecule has 4 amide bonds. The molecule has 7 rings (SSSR count). The van der Waals surface area contributed by atoms with Crippen LogP contribution in [-0.4, -0.2) is 137 Å². The summed E-state index contributed by atoms with van der Waals surface area (Å²) >= 11 is 0. The molecule has 4 N–H and O–H groups in total. The second-order valence-corrected chi connectivity index (χ2v) is 17.5. The number of anilines is 6. The maximum absolute atomic E-state index is 13.9. The van der Waals surface area contributed by atoms with Crippen molar-refractivity contribution in [3.63, 3.8) is 0 Å². The summed E-state index contributed by atoms with van der Waals surface area (Å²) in [5, 5.41) is 11.0. The van der Waals surface area contributed by atoms with Crippen molar-refractivity contribution in [2.24, 2.45) is 0 Å². The summed E-state index contributed by atoms with van der Waals surface area (Å²) in [6, 6.07) is 17.8. The molecule has 2 fully saturated rings. The fourth-order valence-corrected chi connectivity index (χ4v) is 8.19. The molecule has 3 aliphatic rings. The molecule has 0 radical (unpaired) electrons. The lowest BCUT2D eigenvalue weighted by Gasteiger charge is -2.36. The van der Waals surface area contributed by atoms with Crippen molar-refractivity contribution in [2.45, 2.75) is 31.6 Å². The van der Waals surface area contributed by atoms with Crippen LogP contribution in [0.4, 0.5) is 47.7 Å². The van der Waals surface area contributed by atoms with E-state index in [2.05, 4.69) is 41.0 Å². The first-order chi connectivity index (χ1) is 31.1. The summed E-state index contributed by atoms with van der Waals surface area (Å²) in [7, 11) is -2.24. The molecule has 1 unspecified atom stereocenters. The van der Waals surface area contributed by atoms with E-state index in [1.54, 1.807) is 54.6 Å². The molecule has 346 valence electrons. The van der Waals surface area contributed by atoms with Gasteiger partial charge in [0.1, 0.15) is 17.4 Å². The Balaban J connectivity index is 0.801. The number of piperidine rings is 1. The highest BCUT2D eigenvalue weighted by Crippen LogP contribution is 2.36. The SMILES string of the molecule is CN(c1ccccc1CNc1nc(Nc2ccc(N3CCN(CCOCCOCCNc4cccc5c4C(=O)N(C4CCC(=O)NC4=O)C5=O)CC3)cc2)ncc1C(F)(F)F)S(C)(=O)=O. The van der Waals surface area contributed by atoms with E-state index >= 15 is 0 Å². The minimum Gasteiger partial charge on any atom is -0.382 e. The monoisotopic (exact) mass is 922 g/mol. The Labute approximate surface area is 373 Å². The van der Waals surface area contributed by atoms with Gasteiger partial charge in [-0.15, -0.1) is 0 Å². The zero-order valence-corrected chi connectivity index (χ0v) is 36.5. The van der Waals surface area contributed by atoms with E-state index in [-0.39, 0.29) is 36.5 Å². The normalized spacial score (nSPS) is 17.0. The lowest BCUT2D eigenvalue weighted by atomic mass is 10.0. The number of rotatable bonds is 19. The van der Waals surface area contributed by atoms with Crippen molar-refractivity contribution >= 4 is 68.2 Å². The Bertz CT molecular complexity index is 2510. The van der Waals surface area contributed by atoms with Crippen molar-refractivity contribution < 1.29 is 50.2 Å². The highest BCUT2D eigenvalue weighted by molar-refractivity contribution is 7.92. The topological polar surface area (TPSA) is 208 Å². The molecule has 22 heteroatoms. The second kappa shape index (κ2) is 20.2. The number of imide groups is 2. The summed E-state index contributed by atoms with van der Waals surface area (Å²) in [6.45, 7) is 5.76. The molecule has 4 heterocycles. The van der Waals surface area contributed by atoms with Gasteiger partial charge in [-0.2, -0.15) is 18.2 Å². The number of benzene rings is 3. The van der Waals surface area contributed by atoms with Crippen LogP contribution in [0.5, 0.6) is 0 Å². The number of hydrogen-bond acceptors (Lipinski definition) is 15. The van der Waals surface area contributed by atoms with Gasteiger partial charge in [-0.25, -0.2) is 13.4 Å². The number of hydrogen-bond donors (Lipinski definition) is 4. The van der Waals surface area contributed by atoms with Crippen LogP contribution in [0.1, 0.15) is 44.7 Å². The molecule has 3 aromatic carbocycles. The van der Waals surface area contributed by atoms with E-state index in [0.717, 1.165) is 53.9 Å². The van der Waals surface area contributed by atoms with Crippen LogP contribution in [0.3, 0.4) is 0 Å². The third-order valence-corrected chi connectivity index (χ3v) is 12.4. The first kappa shape index (κ1) is 46.6. The summed E-state index contributed by atoms with van der Waals surface area (Å²) in [5.41, 5.74) is 2.12. The van der Waals surface area contributed by atoms with Gasteiger partial charge < -0.3 is 30.3 Å². The number of ether oxygens (including phenoxy) is 2. The van der Waals surface area contributed by atoms with Crippen molar-refractivity contribution in [3.05, 3.63) is 95.2 Å². The van der Waals surface area contributed by atoms with Gasteiger partial charge in [0.25, 0.3) is 11.8 Å². The molecule has 4 aromatic rings. The molecule has 65 heavy (non-hydrogen) atoms. The zero-order chi connectivity index (χ0) is 46.3. The standard InChI is InChI=1S/C43H49F3N10O8S/c1-53(65(2,61)62)34-9-4-3-6-28(34)26-48-38-32(43(44,45)46)27-49-42(52-38)50-29-10-12-30(13-11-29)55-19-17-54(18-20-55)21-23-64-25-24-63-22-16-47-33-8-5-7-31-37(33)41(60)56(40(31)59)35-14-15-36(57)51-39(35)58/h3-13,27,35,47H,14-26H2,1-2H3,(H,51,57,58)(H2,48,49,50,52). The molecule has 2 saturated heterocycles. The van der Waals surface area contributed by atoms with Gasteiger partial charge >= 0.3 is 6.18 Å². The van der Waals surface area contributed by atoms with Gasteiger partial charge in [-0.05, 0) is 54.4 Å². The molecular weight excluding hydrogens is 874 g/mol. The van der Waals surface area contributed by atoms with E-state index in [9.17, 15) is 40.8 Å². The predicted molar refractivity (Wildman–Crippen MR) is 236 cm³/mol. The molecule has 1 aromatic heterocycles. The van der Waals surface area contributed by atoms with Crippen molar-refractivity contribution in [2.75, 3.05) is 104 Å². The first-order valence-electron chi connectivity index (χ1n) is 20.9. The largest absolute Gasteiger partial charge is 0.421 e. The van der Waals surface area contributed by atoms with Gasteiger partial charge in [0.05, 0.1) is 49.5 Å². The summed E-state index contributed by atoms with van der Waals surface area (Å²) in [5.74, 6) is -2.75. The average molecular weight is 923 g/mol. The number of para-hydroxylation sites is 1. The van der Waals surface area contributed by atoms with Crippen molar-refractivity contribution in [1.82, 2.24) is 25.1 Å². The molecule has 0 bridgehead atoms. The quantitative estimate of drug-likeness (QED) is 0.0777. The van der Waals surface area contributed by atoms with E-state index in [4.69, 9.17) is 9.47 Å². The maximum atomic E-state index is 13.9. The number of aromatic nitrogens is 2. The number of alkyl halides is 3. The number of sulfonamides is 1. The number of carbonyl (C=O) groups is 4. The highest BCUT2D eigenvalue weighted by Gasteiger charge is 2.45. The maximum Gasteiger partial charge on any atom is 0.421 e. The third-order valence-electron chi connectivity index (χ3n) is 11.2. The van der Waals surface area contributed by atoms with Crippen molar-refractivity contribution in [1.29, 1.82) is 0 Å². The molecule has 0 saturated carbocycles. The summed E-state index contributed by atoms with van der Waals surface area (Å²) in [4.78, 5) is 63.8. The Hall–Kier alpha value is -6.36. The number of piperazine rings is 1. The van der Waals surface area contributed by atoms with Crippen LogP contribution in [-0.2, 0) is 41.8 Å². The molecule has 1 atom stereocenters. The summed E-state index contributed by atoms with van der Waals surface area (Å²) < 4.78 is 78.7. The minimum absolute atomic E-state index is 0.0455. The van der Waals surface area contributed by atoms with Crippen LogP contribution in [0.15, 0.2) is 72.9 Å². The van der Waals surface area contributed by atoms with Crippen LogP contribution < -0.4 is 30.5 Å². The van der Waals surface area contributed by atoms with Gasteiger partial charge in [0.15, 0.2) is 0 Å². The molecule has 18 nitrogen and oxygen atoms in total. The molecule has 0 spiro atoms. The lowest BCUT2D eigenvalue weighted by Crippen LogP contribution is -2.54. The van der Waals surface area contributed by atoms with Gasteiger partial charge in [0.2, 0.25) is 27.8 Å². The zero-order valence-electron chi connectivity index (χ0n) is 35.7. The number of nitrogens with one attached hydrogen (secondary N) is 4. The number of halogens is 3. The minimum atomic E-state index is -4.74. The van der Waals surface area contributed by atoms with Crippen LogP contribution in [0.2, 0.25) is 0 Å². The predicted octanol–water partition coefficient (Wildman–Crippen LogP) is 3.92. The fraction of sp³-hybridized carbons (Fsp3) is 0.395. The smallest absolute Gasteiger partial charge is 0.382 e. The Morgan fingerprint density at radius 3 is 2.31 bits per heavy atom. The average Bonchev–Trinajstić information content (AvgIpc) is 3.53. The van der Waals surface area contributed by atoms with E-state index < -0.39 is 57.3 Å². The Morgan fingerprint density at radius 1 is 0.877 bits per heavy atom. The molecule has 3 aliphatic heterocycles. The second-order valence-electron chi connectivity index (χ2n) is 15.5. The number of nitrogens with zero attached hydrogens (tertiary/aromatic N) is 6. The Morgan fingerprint density at radius 2 is 1.60 bits per heavy atom. The lowest BCUT2D eigenvalue weighted by molar-refractivity contribution is -0.138. The highest BCUT2D eigenvalue weighted by atomic mass is 32.2. The van der Waals surface area contributed by atoms with E-state index in [1.165, 1.54) is 7.05 Å². The van der Waals surface area contributed by atoms with E-state index in [0.29, 0.717) is 61.8 Å². The first-order valence-corrected chi connectivity index (χ1v) is 22.7. The van der Waals surface area contributed by atoms with Gasteiger partial charge in [-0.3, -0.25) is 38.6 Å².